The van der Waals surface area contributed by atoms with Crippen LogP contribution in [-0.4, -0.2) is 11.5 Å². The molecule has 0 N–H and O–H groups in total. The van der Waals surface area contributed by atoms with Gasteiger partial charge in [0.05, 0.1) is 9.50 Å². The number of nitrogens with zero attached hydrogens (tertiary/aromatic N) is 2. The first-order valence-corrected chi connectivity index (χ1v) is 6.53. The Kier molecular flexibility index (Phi) is 4.02. The van der Waals surface area contributed by atoms with Gasteiger partial charge in [0.2, 0.25) is 0 Å². The molecule has 0 atom stereocenters. The molecule has 0 aliphatic heterocycles. The Morgan fingerprint density at radius 1 is 1.29 bits per heavy atom. The number of benzene rings is 1. The smallest absolute Gasteiger partial charge is 0.147 e. The van der Waals surface area contributed by atoms with Crippen molar-refractivity contribution >= 4 is 39.0 Å². The van der Waals surface area contributed by atoms with E-state index < -0.39 is 0 Å². The van der Waals surface area contributed by atoms with Crippen LogP contribution in [0.25, 0.3) is 0 Å². The molecule has 1 aromatic carbocycles. The van der Waals surface area contributed by atoms with Gasteiger partial charge in [0.15, 0.2) is 0 Å². The molecule has 2 aromatic rings. The summed E-state index contributed by atoms with van der Waals surface area (Å²) in [5.41, 5.74) is 1.12. The van der Waals surface area contributed by atoms with Gasteiger partial charge in [0, 0.05) is 18.4 Å². The van der Waals surface area contributed by atoms with Crippen molar-refractivity contribution in [2.24, 2.45) is 0 Å². The minimum Gasteiger partial charge on any atom is -0.326 e. The van der Waals surface area contributed by atoms with Crippen molar-refractivity contribution in [3.05, 3.63) is 52.1 Å². The Balaban J connectivity index is 2.42. The lowest BCUT2D eigenvalue weighted by Crippen LogP contribution is -2.17. The largest absolute Gasteiger partial charge is 0.326 e. The molecule has 0 spiro atoms. The van der Waals surface area contributed by atoms with E-state index in [4.69, 9.17) is 11.6 Å². The van der Waals surface area contributed by atoms with Gasteiger partial charge in [-0.3, -0.25) is 0 Å². The molecule has 2 nitrogen and oxygen atoms in total. The summed E-state index contributed by atoms with van der Waals surface area (Å²) >= 11 is 9.40. The molecule has 0 saturated carbocycles. The zero-order valence-electron chi connectivity index (χ0n) is 9.40. The lowest BCUT2D eigenvalue weighted by molar-refractivity contribution is 0.985. The van der Waals surface area contributed by atoms with Crippen molar-refractivity contribution in [1.82, 2.24) is 4.98 Å². The maximum absolute atomic E-state index is 5.90. The van der Waals surface area contributed by atoms with Gasteiger partial charge in [-0.15, -0.1) is 0 Å². The Bertz CT molecular complexity index is 502. The molecular formula is C13H12BrClN2. The van der Waals surface area contributed by atoms with Crippen molar-refractivity contribution in [3.63, 3.8) is 0 Å². The number of hydrogen-bond acceptors (Lipinski definition) is 2. The average molecular weight is 312 g/mol. The number of para-hydroxylation sites is 1. The highest BCUT2D eigenvalue weighted by atomic mass is 79.9. The summed E-state index contributed by atoms with van der Waals surface area (Å²) in [6.45, 7) is 2.94. The van der Waals surface area contributed by atoms with Crippen LogP contribution >= 0.6 is 27.5 Å². The van der Waals surface area contributed by atoms with E-state index >= 15 is 0 Å². The fourth-order valence-electron chi connectivity index (χ4n) is 1.67. The molecule has 0 fully saturated rings. The van der Waals surface area contributed by atoms with Gasteiger partial charge in [0.25, 0.3) is 0 Å². The molecule has 0 aliphatic carbocycles. The van der Waals surface area contributed by atoms with E-state index in [0.717, 1.165) is 22.5 Å². The zero-order chi connectivity index (χ0) is 12.3. The lowest BCUT2D eigenvalue weighted by Gasteiger charge is -2.23. The van der Waals surface area contributed by atoms with E-state index in [9.17, 15) is 0 Å². The second kappa shape index (κ2) is 5.52. The van der Waals surface area contributed by atoms with Crippen molar-refractivity contribution < 1.29 is 0 Å². The van der Waals surface area contributed by atoms with Gasteiger partial charge in [-0.1, -0.05) is 29.8 Å². The van der Waals surface area contributed by atoms with Crippen molar-refractivity contribution in [1.29, 1.82) is 0 Å². The highest BCUT2D eigenvalue weighted by Crippen LogP contribution is 2.31. The second-order valence-corrected chi connectivity index (χ2v) is 4.83. The summed E-state index contributed by atoms with van der Waals surface area (Å²) in [6, 6.07) is 12.0. The average Bonchev–Trinajstić information content (AvgIpc) is 2.34. The summed E-state index contributed by atoms with van der Waals surface area (Å²) in [4.78, 5) is 6.50. The molecule has 0 saturated heterocycles. The van der Waals surface area contributed by atoms with E-state index in [2.05, 4.69) is 44.9 Å². The van der Waals surface area contributed by atoms with Crippen LogP contribution in [0.4, 0.5) is 11.5 Å². The third-order valence-corrected chi connectivity index (χ3v) is 3.22. The van der Waals surface area contributed by atoms with Crippen molar-refractivity contribution in [2.75, 3.05) is 11.4 Å². The van der Waals surface area contributed by atoms with Crippen molar-refractivity contribution in [3.8, 4) is 0 Å². The Morgan fingerprint density at radius 2 is 2.00 bits per heavy atom. The van der Waals surface area contributed by atoms with E-state index in [1.54, 1.807) is 6.20 Å². The maximum atomic E-state index is 5.90. The lowest BCUT2D eigenvalue weighted by atomic mass is 10.3. The monoisotopic (exact) mass is 310 g/mol. The molecule has 0 amide bonds. The van der Waals surface area contributed by atoms with Crippen LogP contribution in [0.5, 0.6) is 0 Å². The SMILES string of the molecule is CCN(c1ccccc1)c1ncc(Cl)cc1Br. The molecule has 0 aliphatic rings. The Morgan fingerprint density at radius 3 is 2.59 bits per heavy atom. The molecule has 0 unspecified atom stereocenters. The molecule has 1 aromatic heterocycles. The topological polar surface area (TPSA) is 16.1 Å². The quantitative estimate of drug-likeness (QED) is 0.820. The number of rotatable bonds is 3. The van der Waals surface area contributed by atoms with Gasteiger partial charge < -0.3 is 4.90 Å². The molecule has 2 rings (SSSR count). The second-order valence-electron chi connectivity index (χ2n) is 3.54. The fraction of sp³-hybridized carbons (Fsp3) is 0.154. The Labute approximate surface area is 114 Å². The molecule has 0 radical (unpaired) electrons. The molecule has 4 heteroatoms. The first-order chi connectivity index (χ1) is 8.22. The number of aromatic nitrogens is 1. The first kappa shape index (κ1) is 12.4. The summed E-state index contributed by atoms with van der Waals surface area (Å²) in [5, 5.41) is 0.629. The van der Waals surface area contributed by atoms with Gasteiger partial charge in [-0.05, 0) is 41.1 Å². The molecule has 17 heavy (non-hydrogen) atoms. The predicted molar refractivity (Wildman–Crippen MR) is 76.1 cm³/mol. The van der Waals surface area contributed by atoms with E-state index in [1.165, 1.54) is 0 Å². The fourth-order valence-corrected chi connectivity index (χ4v) is 2.52. The van der Waals surface area contributed by atoms with Crippen LogP contribution in [0.3, 0.4) is 0 Å². The highest BCUT2D eigenvalue weighted by Gasteiger charge is 2.11. The zero-order valence-corrected chi connectivity index (χ0v) is 11.7. The summed E-state index contributed by atoms with van der Waals surface area (Å²) in [7, 11) is 0. The van der Waals surface area contributed by atoms with Gasteiger partial charge in [-0.25, -0.2) is 4.98 Å². The van der Waals surface area contributed by atoms with Crippen LogP contribution in [-0.2, 0) is 0 Å². The van der Waals surface area contributed by atoms with Crippen LogP contribution in [0.15, 0.2) is 47.1 Å². The van der Waals surface area contributed by atoms with Gasteiger partial charge >= 0.3 is 0 Å². The number of halogens is 2. The number of hydrogen-bond donors (Lipinski definition) is 0. The number of anilines is 2. The van der Waals surface area contributed by atoms with Gasteiger partial charge in [-0.2, -0.15) is 0 Å². The molecule has 0 bridgehead atoms. The maximum Gasteiger partial charge on any atom is 0.147 e. The third kappa shape index (κ3) is 2.79. The summed E-state index contributed by atoms with van der Waals surface area (Å²) < 4.78 is 0.899. The van der Waals surface area contributed by atoms with Crippen LogP contribution < -0.4 is 4.90 Å². The molecular weight excluding hydrogens is 300 g/mol. The van der Waals surface area contributed by atoms with Crippen molar-refractivity contribution in [2.45, 2.75) is 6.92 Å². The van der Waals surface area contributed by atoms with E-state index in [0.29, 0.717) is 5.02 Å². The number of pyridine rings is 1. The van der Waals surface area contributed by atoms with E-state index in [-0.39, 0.29) is 0 Å². The summed E-state index contributed by atoms with van der Waals surface area (Å²) in [5.74, 6) is 0.878. The third-order valence-electron chi connectivity index (χ3n) is 2.43. The minimum atomic E-state index is 0.629. The predicted octanol–water partition coefficient (Wildman–Crippen LogP) is 4.66. The van der Waals surface area contributed by atoms with Crippen LogP contribution in [0.2, 0.25) is 5.02 Å². The standard InChI is InChI=1S/C13H12BrClN2/c1-2-17(11-6-4-3-5-7-11)13-12(14)8-10(15)9-16-13/h3-9H,2H2,1H3. The van der Waals surface area contributed by atoms with Crippen LogP contribution in [0.1, 0.15) is 6.92 Å². The highest BCUT2D eigenvalue weighted by molar-refractivity contribution is 9.10. The molecule has 88 valence electrons. The van der Waals surface area contributed by atoms with Crippen LogP contribution in [0, 0.1) is 0 Å². The van der Waals surface area contributed by atoms with Gasteiger partial charge in [0.1, 0.15) is 5.82 Å². The minimum absolute atomic E-state index is 0.629. The normalized spacial score (nSPS) is 10.3. The first-order valence-electron chi connectivity index (χ1n) is 5.36. The summed E-state index contributed by atoms with van der Waals surface area (Å²) in [6.07, 6.45) is 1.66. The Hall–Kier alpha value is -1.06. The molecule has 1 heterocycles. The van der Waals surface area contributed by atoms with E-state index in [1.807, 2.05) is 24.3 Å².